The Morgan fingerprint density at radius 2 is 1.86 bits per heavy atom. The van der Waals surface area contributed by atoms with Gasteiger partial charge in [0.05, 0.1) is 0 Å². The number of rotatable bonds is 7. The number of hydrogen-bond acceptors (Lipinski definition) is 2. The monoisotopic (exact) mass is 289 g/mol. The van der Waals surface area contributed by atoms with Gasteiger partial charge in [-0.2, -0.15) is 0 Å². The number of nitrogens with zero attached hydrogens (tertiary/aromatic N) is 1. The van der Waals surface area contributed by atoms with Gasteiger partial charge < -0.3 is 10.0 Å². The minimum absolute atomic E-state index is 0.0843. The highest BCUT2D eigenvalue weighted by Crippen LogP contribution is 2.28. The molecule has 1 unspecified atom stereocenters. The largest absolute Gasteiger partial charge is 0.396 e. The number of hydrogen-bond donors (Lipinski definition) is 1. The van der Waals surface area contributed by atoms with Crippen LogP contribution in [0.4, 0.5) is 0 Å². The van der Waals surface area contributed by atoms with Gasteiger partial charge in [-0.15, -0.1) is 0 Å². The molecule has 2 rings (SSSR count). The van der Waals surface area contributed by atoms with Gasteiger partial charge in [0.1, 0.15) is 0 Å². The van der Waals surface area contributed by atoms with E-state index in [4.69, 9.17) is 0 Å². The van der Waals surface area contributed by atoms with Crippen LogP contribution in [-0.2, 0) is 6.42 Å². The molecular weight excluding hydrogens is 258 g/mol. The van der Waals surface area contributed by atoms with E-state index in [1.807, 2.05) is 0 Å². The minimum atomic E-state index is 0.0843. The van der Waals surface area contributed by atoms with E-state index in [2.05, 4.69) is 49.1 Å². The van der Waals surface area contributed by atoms with Crippen molar-refractivity contribution in [3.8, 4) is 0 Å². The molecule has 0 aromatic heterocycles. The minimum Gasteiger partial charge on any atom is -0.396 e. The molecule has 0 radical (unpaired) electrons. The van der Waals surface area contributed by atoms with Gasteiger partial charge in [0, 0.05) is 18.6 Å². The van der Waals surface area contributed by atoms with Gasteiger partial charge in [-0.25, -0.2) is 0 Å². The third kappa shape index (κ3) is 5.12. The molecule has 1 aliphatic heterocycles. The van der Waals surface area contributed by atoms with Crippen molar-refractivity contribution < 1.29 is 5.11 Å². The van der Waals surface area contributed by atoms with Crippen LogP contribution in [0.1, 0.15) is 45.1 Å². The maximum Gasteiger partial charge on any atom is 0.0497 e. The SMILES string of the molecule is CCCC(C)(CO)CN1CCC(Cc2ccccc2)CC1. The third-order valence-corrected chi connectivity index (χ3v) is 4.91. The van der Waals surface area contributed by atoms with Gasteiger partial charge in [-0.1, -0.05) is 50.6 Å². The van der Waals surface area contributed by atoms with Crippen molar-refractivity contribution >= 4 is 0 Å². The van der Waals surface area contributed by atoms with Gasteiger partial charge >= 0.3 is 0 Å². The highest BCUT2D eigenvalue weighted by Gasteiger charge is 2.28. The normalized spacial score (nSPS) is 20.3. The first-order valence-corrected chi connectivity index (χ1v) is 8.52. The Kier molecular flexibility index (Phi) is 6.25. The highest BCUT2D eigenvalue weighted by molar-refractivity contribution is 5.15. The summed E-state index contributed by atoms with van der Waals surface area (Å²) >= 11 is 0. The molecule has 1 heterocycles. The molecule has 1 aromatic carbocycles. The smallest absolute Gasteiger partial charge is 0.0497 e. The van der Waals surface area contributed by atoms with Crippen LogP contribution in [-0.4, -0.2) is 36.2 Å². The van der Waals surface area contributed by atoms with Gasteiger partial charge in [0.25, 0.3) is 0 Å². The molecule has 0 saturated carbocycles. The summed E-state index contributed by atoms with van der Waals surface area (Å²) in [5.41, 5.74) is 1.56. The predicted molar refractivity (Wildman–Crippen MR) is 89.4 cm³/mol. The van der Waals surface area contributed by atoms with Gasteiger partial charge in [0.15, 0.2) is 0 Å². The Morgan fingerprint density at radius 3 is 2.43 bits per heavy atom. The Hall–Kier alpha value is -0.860. The summed E-state index contributed by atoms with van der Waals surface area (Å²) in [6.07, 6.45) is 6.08. The molecule has 0 bridgehead atoms. The quantitative estimate of drug-likeness (QED) is 0.826. The number of likely N-dealkylation sites (tertiary alicyclic amines) is 1. The van der Waals surface area contributed by atoms with Crippen molar-refractivity contribution in [2.24, 2.45) is 11.3 Å². The molecule has 0 amide bonds. The van der Waals surface area contributed by atoms with E-state index in [0.717, 1.165) is 25.3 Å². The highest BCUT2D eigenvalue weighted by atomic mass is 16.3. The molecular formula is C19H31NO. The Bertz CT molecular complexity index is 397. The van der Waals surface area contributed by atoms with Crippen LogP contribution in [0.15, 0.2) is 30.3 Å². The second-order valence-electron chi connectivity index (χ2n) is 7.13. The van der Waals surface area contributed by atoms with E-state index < -0.39 is 0 Å². The second kappa shape index (κ2) is 7.95. The predicted octanol–water partition coefficient (Wildman–Crippen LogP) is 3.74. The summed E-state index contributed by atoms with van der Waals surface area (Å²) in [5.74, 6) is 0.829. The lowest BCUT2D eigenvalue weighted by Gasteiger charge is -2.38. The van der Waals surface area contributed by atoms with Crippen molar-refractivity contribution in [1.82, 2.24) is 4.90 Å². The molecule has 1 fully saturated rings. The van der Waals surface area contributed by atoms with Crippen LogP contribution in [0.3, 0.4) is 0 Å². The fourth-order valence-corrected chi connectivity index (χ4v) is 3.65. The molecule has 2 nitrogen and oxygen atoms in total. The molecule has 1 N–H and O–H groups in total. The lowest BCUT2D eigenvalue weighted by atomic mass is 9.84. The zero-order valence-corrected chi connectivity index (χ0v) is 13.7. The maximum absolute atomic E-state index is 9.67. The fourth-order valence-electron chi connectivity index (χ4n) is 3.65. The van der Waals surface area contributed by atoms with E-state index in [1.54, 1.807) is 0 Å². The van der Waals surface area contributed by atoms with Gasteiger partial charge in [-0.05, 0) is 50.3 Å². The number of benzene rings is 1. The first-order valence-electron chi connectivity index (χ1n) is 8.52. The van der Waals surface area contributed by atoms with Crippen molar-refractivity contribution in [1.29, 1.82) is 0 Å². The number of aliphatic hydroxyl groups is 1. The first kappa shape index (κ1) is 16.5. The van der Waals surface area contributed by atoms with Crippen molar-refractivity contribution in [3.63, 3.8) is 0 Å². The number of piperidine rings is 1. The first-order chi connectivity index (χ1) is 10.1. The fraction of sp³-hybridized carbons (Fsp3) is 0.684. The maximum atomic E-state index is 9.67. The molecule has 118 valence electrons. The lowest BCUT2D eigenvalue weighted by Crippen LogP contribution is -2.42. The second-order valence-corrected chi connectivity index (χ2v) is 7.13. The van der Waals surface area contributed by atoms with E-state index >= 15 is 0 Å². The average Bonchev–Trinajstić information content (AvgIpc) is 2.51. The standard InChI is InChI=1S/C19H31NO/c1-3-11-19(2,16-21)15-20-12-9-18(10-13-20)14-17-7-5-4-6-8-17/h4-8,18,21H,3,9-16H2,1-2H3. The summed E-state index contributed by atoms with van der Waals surface area (Å²) < 4.78 is 0. The van der Waals surface area contributed by atoms with E-state index in [-0.39, 0.29) is 5.41 Å². The van der Waals surface area contributed by atoms with Crippen molar-refractivity contribution in [3.05, 3.63) is 35.9 Å². The molecule has 0 aliphatic carbocycles. The molecule has 2 heteroatoms. The topological polar surface area (TPSA) is 23.5 Å². The van der Waals surface area contributed by atoms with Crippen LogP contribution in [0.5, 0.6) is 0 Å². The van der Waals surface area contributed by atoms with Crippen molar-refractivity contribution in [2.45, 2.75) is 46.0 Å². The molecule has 0 spiro atoms. The molecule has 1 aliphatic rings. The van der Waals surface area contributed by atoms with Crippen LogP contribution in [0.2, 0.25) is 0 Å². The molecule has 1 aromatic rings. The van der Waals surface area contributed by atoms with Crippen LogP contribution in [0.25, 0.3) is 0 Å². The molecule has 1 saturated heterocycles. The van der Waals surface area contributed by atoms with Crippen LogP contribution >= 0.6 is 0 Å². The lowest BCUT2D eigenvalue weighted by molar-refractivity contribution is 0.0624. The Morgan fingerprint density at radius 1 is 1.19 bits per heavy atom. The summed E-state index contributed by atoms with van der Waals surface area (Å²) in [6.45, 7) is 8.18. The summed E-state index contributed by atoms with van der Waals surface area (Å²) in [5, 5.41) is 9.67. The van der Waals surface area contributed by atoms with E-state index in [1.165, 1.54) is 37.9 Å². The summed E-state index contributed by atoms with van der Waals surface area (Å²) in [7, 11) is 0. The van der Waals surface area contributed by atoms with Gasteiger partial charge in [0.2, 0.25) is 0 Å². The zero-order chi connectivity index (χ0) is 15.1. The van der Waals surface area contributed by atoms with Crippen molar-refractivity contribution in [2.75, 3.05) is 26.2 Å². The summed E-state index contributed by atoms with van der Waals surface area (Å²) in [6, 6.07) is 10.9. The van der Waals surface area contributed by atoms with E-state index in [9.17, 15) is 5.11 Å². The van der Waals surface area contributed by atoms with Gasteiger partial charge in [-0.3, -0.25) is 0 Å². The summed E-state index contributed by atoms with van der Waals surface area (Å²) in [4.78, 5) is 2.56. The Balaban J connectivity index is 1.78. The zero-order valence-electron chi connectivity index (χ0n) is 13.7. The van der Waals surface area contributed by atoms with Crippen LogP contribution < -0.4 is 0 Å². The molecule has 1 atom stereocenters. The third-order valence-electron chi connectivity index (χ3n) is 4.91. The van der Waals surface area contributed by atoms with E-state index in [0.29, 0.717) is 6.61 Å². The number of aliphatic hydroxyl groups excluding tert-OH is 1. The Labute approximate surface area is 130 Å². The molecule has 21 heavy (non-hydrogen) atoms. The average molecular weight is 289 g/mol. The van der Waals surface area contributed by atoms with Crippen LogP contribution in [0, 0.1) is 11.3 Å².